The van der Waals surface area contributed by atoms with Gasteiger partial charge in [0, 0.05) is 18.3 Å². The van der Waals surface area contributed by atoms with Crippen molar-refractivity contribution in [3.05, 3.63) is 35.1 Å². The number of Topliss-reactive ketones (excluding diaryl/α,β-unsaturated/α-hetero) is 1. The lowest BCUT2D eigenvalue weighted by atomic mass is 9.57. The number of aliphatic hydroxyl groups excluding tert-OH is 1. The Morgan fingerprint density at radius 3 is 2.47 bits per heavy atom. The van der Waals surface area contributed by atoms with Crippen LogP contribution in [0, 0.1) is 35.5 Å². The predicted molar refractivity (Wildman–Crippen MR) is 120 cm³/mol. The normalized spacial score (nSPS) is 38.7. The molecule has 4 N–H and O–H groups in total. The van der Waals surface area contributed by atoms with E-state index >= 15 is 0 Å². The molecule has 1 aliphatic heterocycles. The second-order valence-corrected chi connectivity index (χ2v) is 10.2. The summed E-state index contributed by atoms with van der Waals surface area (Å²) in [7, 11) is 0. The molecule has 0 unspecified atom stereocenters. The van der Waals surface area contributed by atoms with Crippen LogP contribution in [0.4, 0.5) is 0 Å². The Hall–Kier alpha value is -2.41. The van der Waals surface area contributed by atoms with Gasteiger partial charge in [-0.25, -0.2) is 4.79 Å². The maximum atomic E-state index is 13.1. The first-order valence-electron chi connectivity index (χ1n) is 11.4. The van der Waals surface area contributed by atoms with E-state index in [0.29, 0.717) is 11.8 Å². The van der Waals surface area contributed by atoms with Gasteiger partial charge in [0.05, 0.1) is 6.04 Å². The van der Waals surface area contributed by atoms with Gasteiger partial charge in [-0.3, -0.25) is 9.59 Å². The number of amides is 1. The summed E-state index contributed by atoms with van der Waals surface area (Å²) in [6, 6.07) is -1.19. The topological polar surface area (TPSA) is 124 Å². The van der Waals surface area contributed by atoms with Gasteiger partial charge in [-0.05, 0) is 57.3 Å². The van der Waals surface area contributed by atoms with E-state index in [-0.39, 0.29) is 29.1 Å². The number of hydrogen-bond acceptors (Lipinski definition) is 5. The highest BCUT2D eigenvalue weighted by atomic mass is 16.4. The molecule has 1 heterocycles. The third-order valence-electron chi connectivity index (χ3n) is 7.68. The predicted octanol–water partition coefficient (Wildman–Crippen LogP) is 3.16. The van der Waals surface area contributed by atoms with Crippen LogP contribution in [-0.4, -0.2) is 44.6 Å². The number of rotatable bonds is 5. The van der Waals surface area contributed by atoms with Crippen LogP contribution in [0.25, 0.3) is 0 Å². The minimum Gasteiger partial charge on any atom is -0.511 e. The quantitative estimate of drug-likeness (QED) is 0.223. The number of carbonyl (C=O) groups excluding carboxylic acids is 2. The van der Waals surface area contributed by atoms with Crippen LogP contribution in [0.2, 0.25) is 0 Å². The molecular weight excluding hydrogens is 410 g/mol. The number of ketones is 1. The SMILES string of the molecule is C/C=C(\C)[C@@H]1C=C[C@@H]2C[C@H](C)C[C@H](C)[C@H]2[C@@H]1/C(O)=C1\C(=O)N[C@H](C[C@](C)(O)C(=O)O)C1=O. The lowest BCUT2D eigenvalue weighted by Gasteiger charge is -2.47. The average Bonchev–Trinajstić information content (AvgIpc) is 2.98. The summed E-state index contributed by atoms with van der Waals surface area (Å²) in [6.07, 6.45) is 7.85. The minimum atomic E-state index is -2.17. The summed E-state index contributed by atoms with van der Waals surface area (Å²) in [5.41, 5.74) is -1.41. The first-order chi connectivity index (χ1) is 14.9. The van der Waals surface area contributed by atoms with Crippen molar-refractivity contribution < 1.29 is 29.7 Å². The minimum absolute atomic E-state index is 0.0883. The molecule has 2 aliphatic carbocycles. The Bertz CT molecular complexity index is 898. The fourth-order valence-corrected chi connectivity index (χ4v) is 5.98. The van der Waals surface area contributed by atoms with Gasteiger partial charge in [0.25, 0.3) is 5.91 Å². The van der Waals surface area contributed by atoms with Crippen molar-refractivity contribution >= 4 is 17.7 Å². The monoisotopic (exact) mass is 445 g/mol. The van der Waals surface area contributed by atoms with Crippen LogP contribution in [0.15, 0.2) is 35.1 Å². The van der Waals surface area contributed by atoms with E-state index in [2.05, 4.69) is 31.3 Å². The van der Waals surface area contributed by atoms with E-state index < -0.39 is 41.6 Å². The number of allylic oxidation sites excluding steroid dienone is 5. The maximum Gasteiger partial charge on any atom is 0.335 e. The van der Waals surface area contributed by atoms with Gasteiger partial charge in [0.1, 0.15) is 11.3 Å². The van der Waals surface area contributed by atoms with Crippen molar-refractivity contribution in [1.82, 2.24) is 5.32 Å². The summed E-state index contributed by atoms with van der Waals surface area (Å²) in [4.78, 5) is 37.1. The Morgan fingerprint density at radius 1 is 1.22 bits per heavy atom. The number of fused-ring (bicyclic) bond motifs is 1. The number of aliphatic carboxylic acids is 1. The summed E-state index contributed by atoms with van der Waals surface area (Å²) < 4.78 is 0. The van der Waals surface area contributed by atoms with Gasteiger partial charge in [-0.15, -0.1) is 0 Å². The molecule has 7 heteroatoms. The number of carboxylic acids is 1. The molecule has 0 aromatic heterocycles. The van der Waals surface area contributed by atoms with Crippen molar-refractivity contribution in [3.63, 3.8) is 0 Å². The molecule has 3 rings (SSSR count). The molecule has 0 aromatic carbocycles. The largest absolute Gasteiger partial charge is 0.511 e. The highest BCUT2D eigenvalue weighted by Gasteiger charge is 2.49. The van der Waals surface area contributed by atoms with Crippen LogP contribution in [0.5, 0.6) is 0 Å². The maximum absolute atomic E-state index is 13.1. The fraction of sp³-hybridized carbons (Fsp3) is 0.640. The van der Waals surface area contributed by atoms with Gasteiger partial charge in [0.2, 0.25) is 0 Å². The van der Waals surface area contributed by atoms with Gasteiger partial charge in [0.15, 0.2) is 11.4 Å². The Morgan fingerprint density at radius 2 is 1.88 bits per heavy atom. The standard InChI is InChI=1S/C25H35NO6/c1-6-13(3)16-8-7-15-10-12(2)9-14(4)18(15)19(16)22(28)20-21(27)17(26-23(20)29)11-25(5,32)24(30)31/h6-8,12,14-19,28,32H,9-11H2,1-5H3,(H,26,29)(H,30,31)/b13-6+,22-20+/t12-,14+,15-,16+,17-,18-,19-,25+/m1/s1. The number of nitrogens with one attached hydrogen (secondary N) is 1. The van der Waals surface area contributed by atoms with E-state index in [1.807, 2.05) is 19.9 Å². The van der Waals surface area contributed by atoms with Gasteiger partial charge >= 0.3 is 5.97 Å². The lowest BCUT2D eigenvalue weighted by molar-refractivity contribution is -0.158. The van der Waals surface area contributed by atoms with Crippen molar-refractivity contribution in [2.45, 2.75) is 65.5 Å². The van der Waals surface area contributed by atoms with Crippen LogP contribution < -0.4 is 5.32 Å². The fourth-order valence-electron chi connectivity index (χ4n) is 5.98. The second kappa shape index (κ2) is 8.85. The summed E-state index contributed by atoms with van der Waals surface area (Å²) in [6.45, 7) is 9.40. The summed E-state index contributed by atoms with van der Waals surface area (Å²) in [5, 5.41) is 33.2. The Kier molecular flexibility index (Phi) is 6.70. The number of carboxylic acid groups (broad SMARTS) is 1. The Labute approximate surface area is 189 Å². The molecule has 1 amide bonds. The molecule has 176 valence electrons. The van der Waals surface area contributed by atoms with Gasteiger partial charge in [-0.1, -0.05) is 37.6 Å². The van der Waals surface area contributed by atoms with E-state index in [1.54, 1.807) is 0 Å². The van der Waals surface area contributed by atoms with Crippen molar-refractivity contribution in [3.8, 4) is 0 Å². The molecule has 2 fully saturated rings. The molecule has 1 saturated carbocycles. The highest BCUT2D eigenvalue weighted by Crippen LogP contribution is 2.51. The van der Waals surface area contributed by atoms with Crippen LogP contribution in [0.1, 0.15) is 53.9 Å². The first-order valence-corrected chi connectivity index (χ1v) is 11.4. The van der Waals surface area contributed by atoms with Crippen LogP contribution in [-0.2, 0) is 14.4 Å². The summed E-state index contributed by atoms with van der Waals surface area (Å²) >= 11 is 0. The highest BCUT2D eigenvalue weighted by molar-refractivity contribution is 6.27. The smallest absolute Gasteiger partial charge is 0.335 e. The van der Waals surface area contributed by atoms with Gasteiger partial charge < -0.3 is 20.6 Å². The van der Waals surface area contributed by atoms with E-state index in [9.17, 15) is 29.7 Å². The zero-order valence-corrected chi connectivity index (χ0v) is 19.5. The Balaban J connectivity index is 2.04. The third-order valence-corrected chi connectivity index (χ3v) is 7.68. The third kappa shape index (κ3) is 4.27. The van der Waals surface area contributed by atoms with Gasteiger partial charge in [-0.2, -0.15) is 0 Å². The van der Waals surface area contributed by atoms with Crippen LogP contribution in [0.3, 0.4) is 0 Å². The molecule has 32 heavy (non-hydrogen) atoms. The number of aliphatic hydroxyl groups is 2. The van der Waals surface area contributed by atoms with Crippen molar-refractivity contribution in [2.75, 3.05) is 0 Å². The zero-order valence-electron chi connectivity index (χ0n) is 19.5. The second-order valence-electron chi connectivity index (χ2n) is 10.2. The van der Waals surface area contributed by atoms with Crippen LogP contribution >= 0.6 is 0 Å². The molecule has 8 atom stereocenters. The van der Waals surface area contributed by atoms with E-state index in [1.165, 1.54) is 0 Å². The molecule has 3 aliphatic rings. The molecule has 0 spiro atoms. The van der Waals surface area contributed by atoms with Crippen molar-refractivity contribution in [2.24, 2.45) is 35.5 Å². The molecule has 7 nitrogen and oxygen atoms in total. The van der Waals surface area contributed by atoms with E-state index in [0.717, 1.165) is 25.3 Å². The molecule has 0 bridgehead atoms. The zero-order chi connectivity index (χ0) is 24.0. The van der Waals surface area contributed by atoms with Crippen molar-refractivity contribution in [1.29, 1.82) is 0 Å². The summed E-state index contributed by atoms with van der Waals surface area (Å²) in [5.74, 6) is -2.39. The van der Waals surface area contributed by atoms with E-state index in [4.69, 9.17) is 0 Å². The number of hydrogen-bond donors (Lipinski definition) is 4. The molecular formula is C25H35NO6. The lowest BCUT2D eigenvalue weighted by Crippen LogP contribution is -2.43. The average molecular weight is 446 g/mol. The number of carbonyl (C=O) groups is 3. The molecule has 0 radical (unpaired) electrons. The molecule has 1 saturated heterocycles. The molecule has 0 aromatic rings. The first kappa shape index (κ1) is 24.2.